The van der Waals surface area contributed by atoms with Gasteiger partial charge in [-0.15, -0.1) is 0 Å². The van der Waals surface area contributed by atoms with Crippen LogP contribution in [0.15, 0.2) is 0 Å². The number of rotatable bonds is 4. The van der Waals surface area contributed by atoms with Crippen molar-refractivity contribution in [3.05, 3.63) is 0 Å². The summed E-state index contributed by atoms with van der Waals surface area (Å²) in [6.07, 6.45) is -2.56. The predicted molar refractivity (Wildman–Crippen MR) is 61.9 cm³/mol. The van der Waals surface area contributed by atoms with Crippen LogP contribution < -0.4 is 4.72 Å². The Balaban J connectivity index is 2.16. The van der Waals surface area contributed by atoms with E-state index in [1.54, 1.807) is 0 Å². The van der Waals surface area contributed by atoms with E-state index in [0.717, 1.165) is 6.42 Å². The summed E-state index contributed by atoms with van der Waals surface area (Å²) in [5.74, 6) is -1.70. The first kappa shape index (κ1) is 15.5. The monoisotopic (exact) mass is 316 g/mol. The molecule has 2 rings (SSSR count). The van der Waals surface area contributed by atoms with Gasteiger partial charge in [0.05, 0.1) is 0 Å². The zero-order valence-electron chi connectivity index (χ0n) is 10.4. The molecule has 116 valence electrons. The molecule has 2 aliphatic rings. The van der Waals surface area contributed by atoms with Crippen LogP contribution in [0.4, 0.5) is 13.2 Å². The summed E-state index contributed by atoms with van der Waals surface area (Å²) in [6.45, 7) is -1.73. The molecule has 6 nitrogen and oxygen atoms in total. The van der Waals surface area contributed by atoms with E-state index in [4.69, 9.17) is 5.11 Å². The lowest BCUT2D eigenvalue weighted by atomic mass is 9.94. The molecule has 1 heterocycles. The molecular weight excluding hydrogens is 301 g/mol. The number of fused-ring (bicyclic) bond motifs is 1. The number of carbonyl (C=O) groups is 1. The Kier molecular flexibility index (Phi) is 4.00. The highest BCUT2D eigenvalue weighted by Crippen LogP contribution is 2.43. The molecule has 0 radical (unpaired) electrons. The van der Waals surface area contributed by atoms with E-state index in [0.29, 0.717) is 17.1 Å². The van der Waals surface area contributed by atoms with E-state index in [1.807, 2.05) is 0 Å². The SMILES string of the molecule is O=C(O)C1C2CCCC2CN1S(=O)(=O)NCC(F)(F)F. The van der Waals surface area contributed by atoms with Crippen LogP contribution in [-0.4, -0.2) is 49.1 Å². The number of hydrogen-bond acceptors (Lipinski definition) is 3. The zero-order valence-corrected chi connectivity index (χ0v) is 11.2. The van der Waals surface area contributed by atoms with Gasteiger partial charge in [-0.3, -0.25) is 4.79 Å². The number of aliphatic carboxylic acids is 1. The number of alkyl halides is 3. The normalized spacial score (nSPS) is 31.4. The highest BCUT2D eigenvalue weighted by Gasteiger charge is 2.52. The molecule has 10 heteroatoms. The van der Waals surface area contributed by atoms with Gasteiger partial charge in [0.2, 0.25) is 0 Å². The molecule has 1 aliphatic carbocycles. The van der Waals surface area contributed by atoms with Crippen LogP contribution in [0.25, 0.3) is 0 Å². The Morgan fingerprint density at radius 2 is 2.00 bits per heavy atom. The largest absolute Gasteiger partial charge is 0.480 e. The molecule has 0 aromatic carbocycles. The summed E-state index contributed by atoms with van der Waals surface area (Å²) >= 11 is 0. The van der Waals surface area contributed by atoms with Crippen LogP contribution in [0.2, 0.25) is 0 Å². The Labute approximate surface area is 114 Å². The summed E-state index contributed by atoms with van der Waals surface area (Å²) in [6, 6.07) is -1.27. The van der Waals surface area contributed by atoms with Crippen molar-refractivity contribution in [1.29, 1.82) is 0 Å². The smallest absolute Gasteiger partial charge is 0.402 e. The molecule has 0 aromatic rings. The standard InChI is InChI=1S/C10H15F3N2O4S/c11-10(12,13)5-14-20(18,19)15-4-6-2-1-3-7(6)8(15)9(16)17/h6-8,14H,1-5H2,(H,16,17). The third kappa shape index (κ3) is 3.07. The molecule has 0 bridgehead atoms. The predicted octanol–water partition coefficient (Wildman–Crippen LogP) is 0.568. The highest BCUT2D eigenvalue weighted by atomic mass is 32.2. The number of hydrogen-bond donors (Lipinski definition) is 2. The first-order chi connectivity index (χ1) is 9.12. The molecule has 0 aromatic heterocycles. The summed E-state index contributed by atoms with van der Waals surface area (Å²) in [5, 5.41) is 9.17. The Morgan fingerprint density at radius 1 is 1.35 bits per heavy atom. The van der Waals surface area contributed by atoms with E-state index in [-0.39, 0.29) is 18.4 Å². The fourth-order valence-corrected chi connectivity index (χ4v) is 4.52. The molecule has 1 saturated heterocycles. The van der Waals surface area contributed by atoms with Gasteiger partial charge in [-0.2, -0.15) is 30.6 Å². The van der Waals surface area contributed by atoms with Crippen molar-refractivity contribution in [2.45, 2.75) is 31.5 Å². The van der Waals surface area contributed by atoms with Gasteiger partial charge in [-0.05, 0) is 24.7 Å². The lowest BCUT2D eigenvalue weighted by Gasteiger charge is -2.24. The first-order valence-electron chi connectivity index (χ1n) is 6.18. The number of carboxylic acid groups (broad SMARTS) is 1. The zero-order chi connectivity index (χ0) is 15.1. The van der Waals surface area contributed by atoms with Gasteiger partial charge < -0.3 is 5.11 Å². The molecule has 2 fully saturated rings. The van der Waals surface area contributed by atoms with Gasteiger partial charge in [0, 0.05) is 6.54 Å². The molecule has 2 N–H and O–H groups in total. The maximum atomic E-state index is 12.1. The molecule has 1 aliphatic heterocycles. The first-order valence-corrected chi connectivity index (χ1v) is 7.62. The second-order valence-electron chi connectivity index (χ2n) is 5.15. The van der Waals surface area contributed by atoms with E-state index in [1.165, 1.54) is 4.72 Å². The van der Waals surface area contributed by atoms with Gasteiger partial charge >= 0.3 is 12.1 Å². The van der Waals surface area contributed by atoms with Crippen molar-refractivity contribution >= 4 is 16.2 Å². The average molecular weight is 316 g/mol. The molecular formula is C10H15F3N2O4S. The number of halogens is 3. The third-order valence-corrected chi connectivity index (χ3v) is 5.37. The minimum absolute atomic E-state index is 0.0329. The summed E-state index contributed by atoms with van der Waals surface area (Å²) in [5.41, 5.74) is 0. The molecule has 1 saturated carbocycles. The van der Waals surface area contributed by atoms with Gasteiger partial charge in [-0.1, -0.05) is 6.42 Å². The number of carboxylic acids is 1. The lowest BCUT2D eigenvalue weighted by molar-refractivity contribution is -0.142. The van der Waals surface area contributed by atoms with Crippen LogP contribution >= 0.6 is 0 Å². The third-order valence-electron chi connectivity index (χ3n) is 3.86. The molecule has 3 unspecified atom stereocenters. The lowest BCUT2D eigenvalue weighted by Crippen LogP contribution is -2.50. The van der Waals surface area contributed by atoms with Gasteiger partial charge in [-0.25, -0.2) is 0 Å². The Hall–Kier alpha value is -0.870. The number of nitrogens with zero attached hydrogens (tertiary/aromatic N) is 1. The van der Waals surface area contributed by atoms with Crippen molar-refractivity contribution in [2.24, 2.45) is 11.8 Å². The fraction of sp³-hybridized carbons (Fsp3) is 0.900. The Morgan fingerprint density at radius 3 is 2.55 bits per heavy atom. The molecule has 3 atom stereocenters. The maximum absolute atomic E-state index is 12.1. The van der Waals surface area contributed by atoms with Gasteiger partial charge in [0.25, 0.3) is 10.2 Å². The average Bonchev–Trinajstić information content (AvgIpc) is 2.84. The van der Waals surface area contributed by atoms with Crippen molar-refractivity contribution in [3.8, 4) is 0 Å². The summed E-state index contributed by atoms with van der Waals surface area (Å²) in [7, 11) is -4.45. The summed E-state index contributed by atoms with van der Waals surface area (Å²) < 4.78 is 62.1. The Bertz CT molecular complexity index is 493. The van der Waals surface area contributed by atoms with Crippen molar-refractivity contribution in [3.63, 3.8) is 0 Å². The second-order valence-corrected chi connectivity index (χ2v) is 6.86. The van der Waals surface area contributed by atoms with Crippen LogP contribution in [0.5, 0.6) is 0 Å². The summed E-state index contributed by atoms with van der Waals surface area (Å²) in [4.78, 5) is 11.2. The van der Waals surface area contributed by atoms with Crippen LogP contribution in [0, 0.1) is 11.8 Å². The highest BCUT2D eigenvalue weighted by molar-refractivity contribution is 7.87. The molecule has 20 heavy (non-hydrogen) atoms. The van der Waals surface area contributed by atoms with Crippen LogP contribution in [-0.2, 0) is 15.0 Å². The van der Waals surface area contributed by atoms with E-state index in [2.05, 4.69) is 0 Å². The quantitative estimate of drug-likeness (QED) is 0.794. The van der Waals surface area contributed by atoms with Crippen molar-refractivity contribution < 1.29 is 31.5 Å². The topological polar surface area (TPSA) is 86.7 Å². The second kappa shape index (κ2) is 5.15. The minimum Gasteiger partial charge on any atom is -0.480 e. The molecule has 0 amide bonds. The maximum Gasteiger partial charge on any atom is 0.402 e. The van der Waals surface area contributed by atoms with E-state index in [9.17, 15) is 26.4 Å². The van der Waals surface area contributed by atoms with Crippen molar-refractivity contribution in [2.75, 3.05) is 13.1 Å². The van der Waals surface area contributed by atoms with E-state index < -0.39 is 34.9 Å². The van der Waals surface area contributed by atoms with Crippen LogP contribution in [0.3, 0.4) is 0 Å². The van der Waals surface area contributed by atoms with E-state index >= 15 is 0 Å². The minimum atomic E-state index is -4.68. The van der Waals surface area contributed by atoms with Gasteiger partial charge in [0.15, 0.2) is 0 Å². The fourth-order valence-electron chi connectivity index (χ4n) is 3.08. The van der Waals surface area contributed by atoms with Crippen molar-refractivity contribution in [1.82, 2.24) is 9.03 Å². The van der Waals surface area contributed by atoms with Gasteiger partial charge in [0.1, 0.15) is 12.6 Å². The number of nitrogens with one attached hydrogen (secondary N) is 1. The molecule has 0 spiro atoms. The van der Waals surface area contributed by atoms with Crippen LogP contribution in [0.1, 0.15) is 19.3 Å².